The van der Waals surface area contributed by atoms with Gasteiger partial charge in [-0.2, -0.15) is 10.2 Å². The highest BCUT2D eigenvalue weighted by atomic mass is 35.5. The molecule has 0 amide bonds. The number of hydrogen-bond donors (Lipinski definition) is 1. The number of aromatic hydroxyl groups is 1. The predicted octanol–water partition coefficient (Wildman–Crippen LogP) is 5.96. The van der Waals surface area contributed by atoms with Crippen LogP contribution in [0, 0.1) is 11.6 Å². The molecule has 1 aromatic carbocycles. The third-order valence-electron chi connectivity index (χ3n) is 5.70. The first-order chi connectivity index (χ1) is 25.5. The molecular formula is C29H29ClF2N8O3. The molecule has 5 aromatic rings. The van der Waals surface area contributed by atoms with E-state index in [0.29, 0.717) is 27.4 Å². The van der Waals surface area contributed by atoms with Crippen molar-refractivity contribution < 1.29 is 39.9 Å². The summed E-state index contributed by atoms with van der Waals surface area (Å²) >= 11 is 5.76. The fourth-order valence-electron chi connectivity index (χ4n) is 3.80. The molecule has 11 nitrogen and oxygen atoms in total. The van der Waals surface area contributed by atoms with Crippen molar-refractivity contribution in [2.24, 2.45) is 0 Å². The molecule has 0 aliphatic rings. The zero-order chi connectivity index (χ0) is 41.1. The van der Waals surface area contributed by atoms with Gasteiger partial charge in [0.2, 0.25) is 0 Å². The van der Waals surface area contributed by atoms with Crippen molar-refractivity contribution in [3.05, 3.63) is 84.0 Å². The Morgan fingerprint density at radius 2 is 1.49 bits per heavy atom. The van der Waals surface area contributed by atoms with E-state index in [1.807, 2.05) is 0 Å². The van der Waals surface area contributed by atoms with E-state index in [-0.39, 0.29) is 52.2 Å². The van der Waals surface area contributed by atoms with Gasteiger partial charge in [-0.1, -0.05) is 6.07 Å². The molecule has 4 aromatic heterocycles. The van der Waals surface area contributed by atoms with Crippen LogP contribution in [0.25, 0.3) is 22.8 Å². The number of ether oxygens (including phenoxy) is 1. The van der Waals surface area contributed by atoms with Crippen LogP contribution >= 0.6 is 11.6 Å². The second-order valence-corrected chi connectivity index (χ2v) is 8.67. The van der Waals surface area contributed by atoms with Gasteiger partial charge in [0.1, 0.15) is 47.8 Å². The Bertz CT molecular complexity index is 2100. The van der Waals surface area contributed by atoms with E-state index in [4.69, 9.17) is 32.8 Å². The minimum absolute atomic E-state index is 0.00324. The number of phenols is 1. The Kier molecular flexibility index (Phi) is 6.05. The number of rotatable bonds is 9. The molecule has 0 saturated carbocycles. The molecule has 1 N–H and O–H groups in total. The summed E-state index contributed by atoms with van der Waals surface area (Å²) in [6.07, 6.45) is 6.65. The van der Waals surface area contributed by atoms with Crippen molar-refractivity contribution in [3.63, 3.8) is 0 Å². The molecule has 0 atom stereocenters. The quantitative estimate of drug-likeness (QED) is 0.156. The van der Waals surface area contributed by atoms with Crippen molar-refractivity contribution in [3.8, 4) is 34.3 Å². The van der Waals surface area contributed by atoms with Crippen molar-refractivity contribution in [2.75, 3.05) is 0 Å². The second-order valence-electron chi connectivity index (χ2n) is 8.40. The van der Waals surface area contributed by atoms with Crippen LogP contribution in [-0.2, 0) is 12.5 Å². The summed E-state index contributed by atoms with van der Waals surface area (Å²) in [7, 11) is 0. The largest absolute Gasteiger partial charge is 0.507 e. The van der Waals surface area contributed by atoms with Crippen LogP contribution in [0.3, 0.4) is 0 Å². The molecule has 0 fully saturated rings. The van der Waals surface area contributed by atoms with Crippen molar-refractivity contribution >= 4 is 17.9 Å². The molecule has 5 rings (SSSR count). The van der Waals surface area contributed by atoms with Gasteiger partial charge in [-0.05, 0) is 39.5 Å². The van der Waals surface area contributed by atoms with E-state index in [0.717, 1.165) is 18.9 Å². The van der Waals surface area contributed by atoms with Crippen LogP contribution in [0.5, 0.6) is 11.5 Å². The fraction of sp³-hybridized carbons (Fsp3) is 0.276. The Balaban J connectivity index is 0.000000258. The van der Waals surface area contributed by atoms with Gasteiger partial charge in [-0.15, -0.1) is 11.6 Å². The second kappa shape index (κ2) is 13.9. The van der Waals surface area contributed by atoms with E-state index < -0.39 is 56.8 Å². The Hall–Kier alpha value is -4.78. The Morgan fingerprint density at radius 3 is 2.02 bits per heavy atom. The number of carbonyl (C=O) groups is 1. The maximum Gasteiger partial charge on any atom is 0.170 e. The lowest BCUT2D eigenvalue weighted by Crippen LogP contribution is -2.09. The van der Waals surface area contributed by atoms with Gasteiger partial charge in [0.05, 0.1) is 29.5 Å². The summed E-state index contributed by atoms with van der Waals surface area (Å²) in [6, 6.07) is 0.0210. The lowest BCUT2D eigenvalue weighted by molar-refractivity contribution is 0.111. The summed E-state index contributed by atoms with van der Waals surface area (Å²) in [5.41, 5.74) is -0.570. The lowest BCUT2D eigenvalue weighted by atomic mass is 10.1. The van der Waals surface area contributed by atoms with Crippen molar-refractivity contribution in [2.45, 2.75) is 52.0 Å². The predicted molar refractivity (Wildman–Crippen MR) is 155 cm³/mol. The highest BCUT2D eigenvalue weighted by Gasteiger charge is 2.21. The van der Waals surface area contributed by atoms with E-state index in [9.17, 15) is 18.7 Å². The summed E-state index contributed by atoms with van der Waals surface area (Å²) < 4.78 is 126. The number of alkyl halides is 1. The zero-order valence-corrected chi connectivity index (χ0v) is 22.6. The summed E-state index contributed by atoms with van der Waals surface area (Å²) in [5.74, 6) is -2.22. The van der Waals surface area contributed by atoms with Crippen LogP contribution in [0.2, 0.25) is 0 Å². The van der Waals surface area contributed by atoms with Crippen molar-refractivity contribution in [1.82, 2.24) is 39.5 Å². The van der Waals surface area contributed by atoms with Crippen LogP contribution in [0.4, 0.5) is 8.78 Å². The maximum absolute atomic E-state index is 14.7. The smallest absolute Gasteiger partial charge is 0.170 e. The first-order valence-electron chi connectivity index (χ1n) is 18.0. The van der Waals surface area contributed by atoms with Crippen molar-refractivity contribution in [1.29, 1.82) is 0 Å². The van der Waals surface area contributed by atoms with Gasteiger partial charge in [0.25, 0.3) is 0 Å². The molecule has 14 heteroatoms. The van der Waals surface area contributed by atoms with Gasteiger partial charge in [-0.25, -0.2) is 28.7 Å². The van der Waals surface area contributed by atoms with Gasteiger partial charge in [0.15, 0.2) is 17.9 Å². The number of benzene rings is 1. The van der Waals surface area contributed by atoms with Crippen LogP contribution in [0.15, 0.2) is 55.6 Å². The first-order valence-corrected chi connectivity index (χ1v) is 12.6. The highest BCUT2D eigenvalue weighted by molar-refractivity contribution is 6.17. The van der Waals surface area contributed by atoms with Gasteiger partial charge in [-0.3, -0.25) is 14.2 Å². The highest BCUT2D eigenvalue weighted by Crippen LogP contribution is 2.30. The summed E-state index contributed by atoms with van der Waals surface area (Å²) in [6.45, 7) is -12.2. The van der Waals surface area contributed by atoms with E-state index >= 15 is 0 Å². The first kappa shape index (κ1) is 18.7. The molecule has 0 aliphatic heterocycles. The SMILES string of the molecule is [2H]C([2H])([2H])C(n1ncc(F)c1-c1ncncc1CCl)C([2H])([2H])[2H].[2H]C([2H])([2H])C(n1ncc(F)c1-c1ncncc1COc1cccc(O)c1C=O)C([2H])([2H])[2H]. The van der Waals surface area contributed by atoms with E-state index in [2.05, 4.69) is 30.1 Å². The number of aromatic nitrogens is 8. The molecule has 0 saturated heterocycles. The zero-order valence-electron chi connectivity index (χ0n) is 33.8. The van der Waals surface area contributed by atoms with Crippen LogP contribution in [0.1, 0.15) is 77.4 Å². The molecule has 0 unspecified atom stereocenters. The number of phenolic OH excluding ortho intramolecular Hbond substituents is 1. The topological polar surface area (TPSA) is 134 Å². The van der Waals surface area contributed by atoms with Gasteiger partial charge < -0.3 is 9.84 Å². The minimum atomic E-state index is -3.03. The number of nitrogens with zero attached hydrogens (tertiary/aromatic N) is 8. The van der Waals surface area contributed by atoms with E-state index in [1.165, 1.54) is 30.6 Å². The van der Waals surface area contributed by atoms with E-state index in [1.54, 1.807) is 0 Å². The fourth-order valence-corrected chi connectivity index (χ4v) is 3.99. The molecule has 0 spiro atoms. The third kappa shape index (κ3) is 6.83. The minimum Gasteiger partial charge on any atom is -0.507 e. The number of halogens is 3. The molecule has 43 heavy (non-hydrogen) atoms. The summed E-state index contributed by atoms with van der Waals surface area (Å²) in [5, 5.41) is 17.1. The molecular weight excluding hydrogens is 582 g/mol. The molecule has 4 heterocycles. The monoisotopic (exact) mass is 622 g/mol. The summed E-state index contributed by atoms with van der Waals surface area (Å²) in [4.78, 5) is 26.7. The third-order valence-corrected chi connectivity index (χ3v) is 5.99. The van der Waals surface area contributed by atoms with Crippen LogP contribution in [-0.4, -0.2) is 50.9 Å². The Morgan fingerprint density at radius 1 is 0.930 bits per heavy atom. The molecule has 0 radical (unpaired) electrons. The number of aldehydes is 1. The van der Waals surface area contributed by atoms with Gasteiger partial charge >= 0.3 is 0 Å². The molecule has 0 bridgehead atoms. The maximum atomic E-state index is 14.7. The number of carbonyl (C=O) groups excluding carboxylic acids is 1. The molecule has 224 valence electrons. The number of hydrogen-bond acceptors (Lipinski definition) is 9. The standard InChI is InChI=1S/C18H17FN4O3.C11H12ClFN4/c1-11(2)23-18(14(19)7-22-23)17-12(6-20-10-21-17)9-26-16-5-3-4-15(25)13(16)8-24;1-7(2)17-11(9(13)5-16-17)10-8(3-12)4-14-6-15-10/h3-8,10-11,25H,9H2,1-2H3;4-7H,3H2,1-2H3/i2*1D3,2D3. The normalized spacial score (nSPS) is 16.3. The molecule has 0 aliphatic carbocycles. The Labute approximate surface area is 268 Å². The van der Waals surface area contributed by atoms with Gasteiger partial charge in [0, 0.05) is 52.1 Å². The average Bonchev–Trinajstić information content (AvgIpc) is 3.62. The lowest BCUT2D eigenvalue weighted by Gasteiger charge is -2.14. The van der Waals surface area contributed by atoms with Crippen LogP contribution < -0.4 is 4.74 Å². The average molecular weight is 623 g/mol.